The number of methoxy groups -OCH3 is 1. The summed E-state index contributed by atoms with van der Waals surface area (Å²) in [6.07, 6.45) is 3.70. The van der Waals surface area contributed by atoms with Crippen LogP contribution in [0, 0.1) is 12.8 Å². The minimum absolute atomic E-state index is 0.0221. The topological polar surface area (TPSA) is 58.8 Å². The van der Waals surface area contributed by atoms with E-state index in [9.17, 15) is 4.79 Å². The SMILES string of the molecule is COc1ccccc1[C@H]1CN(C(=O)c2ocnc2C)[C@H]2C3CCN(CC3)[C@@H]12. The lowest BCUT2D eigenvalue weighted by molar-refractivity contribution is -0.00441. The maximum Gasteiger partial charge on any atom is 0.291 e. The molecular weight excluding hydrogens is 342 g/mol. The molecule has 4 fully saturated rings. The number of fused-ring (bicyclic) bond motifs is 2. The number of oxazole rings is 1. The summed E-state index contributed by atoms with van der Waals surface area (Å²) < 4.78 is 11.1. The molecule has 0 unspecified atom stereocenters. The number of nitrogens with zero attached hydrogens (tertiary/aromatic N) is 3. The molecule has 142 valence electrons. The van der Waals surface area contributed by atoms with Crippen LogP contribution in [-0.2, 0) is 0 Å². The van der Waals surface area contributed by atoms with E-state index < -0.39 is 0 Å². The van der Waals surface area contributed by atoms with Crippen LogP contribution in [0.25, 0.3) is 0 Å². The third-order valence-corrected chi connectivity index (χ3v) is 6.73. The Morgan fingerprint density at radius 1 is 1.22 bits per heavy atom. The Morgan fingerprint density at radius 3 is 2.70 bits per heavy atom. The van der Waals surface area contributed by atoms with Gasteiger partial charge in [0.2, 0.25) is 5.76 Å². The third-order valence-electron chi connectivity index (χ3n) is 6.73. The largest absolute Gasteiger partial charge is 0.496 e. The molecule has 5 heterocycles. The molecule has 6 rings (SSSR count). The number of piperidine rings is 3. The van der Waals surface area contributed by atoms with Gasteiger partial charge in [-0.15, -0.1) is 0 Å². The van der Waals surface area contributed by atoms with Crippen LogP contribution in [0.4, 0.5) is 0 Å². The van der Waals surface area contributed by atoms with Crippen molar-refractivity contribution in [3.8, 4) is 5.75 Å². The van der Waals surface area contributed by atoms with Crippen LogP contribution >= 0.6 is 0 Å². The van der Waals surface area contributed by atoms with E-state index in [-0.39, 0.29) is 17.9 Å². The van der Waals surface area contributed by atoms with Crippen molar-refractivity contribution in [2.75, 3.05) is 26.7 Å². The van der Waals surface area contributed by atoms with E-state index in [2.05, 4.69) is 26.9 Å². The Labute approximate surface area is 159 Å². The zero-order valence-corrected chi connectivity index (χ0v) is 15.8. The molecule has 0 aliphatic carbocycles. The second-order valence-electron chi connectivity index (χ2n) is 7.93. The first-order chi connectivity index (χ1) is 13.2. The Hall–Kier alpha value is -2.34. The first-order valence-electron chi connectivity index (χ1n) is 9.77. The lowest BCUT2D eigenvalue weighted by atomic mass is 9.75. The highest BCUT2D eigenvalue weighted by Crippen LogP contribution is 2.48. The van der Waals surface area contributed by atoms with Crippen LogP contribution in [0.3, 0.4) is 0 Å². The number of rotatable bonds is 3. The van der Waals surface area contributed by atoms with Gasteiger partial charge in [0, 0.05) is 24.1 Å². The smallest absolute Gasteiger partial charge is 0.291 e. The maximum absolute atomic E-state index is 13.3. The number of aromatic nitrogens is 1. The third kappa shape index (κ3) is 2.50. The molecule has 1 aromatic heterocycles. The molecule has 1 amide bonds. The van der Waals surface area contributed by atoms with Gasteiger partial charge in [-0.25, -0.2) is 4.98 Å². The number of carbonyl (C=O) groups excluding carboxylic acids is 1. The van der Waals surface area contributed by atoms with E-state index in [1.165, 1.54) is 24.8 Å². The van der Waals surface area contributed by atoms with Crippen molar-refractivity contribution in [3.63, 3.8) is 0 Å². The summed E-state index contributed by atoms with van der Waals surface area (Å²) in [5, 5.41) is 0. The normalized spacial score (nSPS) is 31.8. The molecule has 3 atom stereocenters. The summed E-state index contributed by atoms with van der Waals surface area (Å²) in [5.41, 5.74) is 1.87. The van der Waals surface area contributed by atoms with Crippen LogP contribution in [0.2, 0.25) is 0 Å². The number of para-hydroxylation sites is 1. The highest BCUT2D eigenvalue weighted by molar-refractivity contribution is 5.93. The molecule has 6 heteroatoms. The van der Waals surface area contributed by atoms with Gasteiger partial charge in [0.25, 0.3) is 5.91 Å². The number of hydrogen-bond donors (Lipinski definition) is 0. The van der Waals surface area contributed by atoms with E-state index in [4.69, 9.17) is 9.15 Å². The predicted molar refractivity (Wildman–Crippen MR) is 99.9 cm³/mol. The number of amides is 1. The van der Waals surface area contributed by atoms with Gasteiger partial charge < -0.3 is 14.1 Å². The minimum Gasteiger partial charge on any atom is -0.496 e. The van der Waals surface area contributed by atoms with Gasteiger partial charge in [0.15, 0.2) is 6.39 Å². The number of likely N-dealkylation sites (tertiary alicyclic amines) is 1. The van der Waals surface area contributed by atoms with Crippen LogP contribution in [0.1, 0.15) is 40.6 Å². The van der Waals surface area contributed by atoms with Crippen molar-refractivity contribution in [1.82, 2.24) is 14.8 Å². The molecular formula is C21H25N3O3. The highest BCUT2D eigenvalue weighted by Gasteiger charge is 2.55. The van der Waals surface area contributed by atoms with Crippen LogP contribution in [-0.4, -0.2) is 59.5 Å². The van der Waals surface area contributed by atoms with Crippen molar-refractivity contribution in [2.24, 2.45) is 5.92 Å². The molecule has 4 aliphatic heterocycles. The molecule has 4 saturated heterocycles. The van der Waals surface area contributed by atoms with E-state index >= 15 is 0 Å². The fraction of sp³-hybridized carbons (Fsp3) is 0.524. The molecule has 0 N–H and O–H groups in total. The first kappa shape index (κ1) is 16.8. The van der Waals surface area contributed by atoms with Crippen LogP contribution in [0.15, 0.2) is 35.1 Å². The quantitative estimate of drug-likeness (QED) is 0.835. The van der Waals surface area contributed by atoms with E-state index in [0.29, 0.717) is 30.0 Å². The fourth-order valence-corrected chi connectivity index (χ4v) is 5.54. The average Bonchev–Trinajstić information content (AvgIpc) is 3.33. The molecule has 4 aliphatic rings. The average molecular weight is 367 g/mol. The van der Waals surface area contributed by atoms with E-state index in [0.717, 1.165) is 18.8 Å². The summed E-state index contributed by atoms with van der Waals surface area (Å²) >= 11 is 0. The van der Waals surface area contributed by atoms with E-state index in [1.807, 2.05) is 19.1 Å². The van der Waals surface area contributed by atoms with Gasteiger partial charge in [-0.1, -0.05) is 18.2 Å². The fourth-order valence-electron chi connectivity index (χ4n) is 5.54. The van der Waals surface area contributed by atoms with Crippen molar-refractivity contribution in [3.05, 3.63) is 47.7 Å². The molecule has 1 aromatic carbocycles. The van der Waals surface area contributed by atoms with E-state index in [1.54, 1.807) is 7.11 Å². The summed E-state index contributed by atoms with van der Waals surface area (Å²) in [6, 6.07) is 8.82. The summed E-state index contributed by atoms with van der Waals surface area (Å²) in [4.78, 5) is 22.1. The lowest BCUT2D eigenvalue weighted by Crippen LogP contribution is -2.60. The zero-order valence-electron chi connectivity index (χ0n) is 15.8. The summed E-state index contributed by atoms with van der Waals surface area (Å²) in [7, 11) is 1.72. The monoisotopic (exact) mass is 367 g/mol. The van der Waals surface area contributed by atoms with Crippen molar-refractivity contribution >= 4 is 5.91 Å². The molecule has 0 radical (unpaired) electrons. The van der Waals surface area contributed by atoms with Crippen molar-refractivity contribution in [1.29, 1.82) is 0 Å². The van der Waals surface area contributed by atoms with Gasteiger partial charge in [-0.3, -0.25) is 9.69 Å². The molecule has 2 bridgehead atoms. The number of aryl methyl sites for hydroxylation is 1. The van der Waals surface area contributed by atoms with Gasteiger partial charge in [0.05, 0.1) is 18.8 Å². The van der Waals surface area contributed by atoms with Crippen LogP contribution < -0.4 is 4.74 Å². The Morgan fingerprint density at radius 2 is 2.00 bits per heavy atom. The number of hydrogen-bond acceptors (Lipinski definition) is 5. The molecule has 0 saturated carbocycles. The summed E-state index contributed by atoms with van der Waals surface area (Å²) in [6.45, 7) is 4.78. The molecule has 27 heavy (non-hydrogen) atoms. The highest BCUT2D eigenvalue weighted by atomic mass is 16.5. The molecule has 0 spiro atoms. The second-order valence-corrected chi connectivity index (χ2v) is 7.93. The zero-order chi connectivity index (χ0) is 18.5. The number of ether oxygens (including phenoxy) is 1. The van der Waals surface area contributed by atoms with Crippen molar-refractivity contribution < 1.29 is 13.9 Å². The Kier molecular flexibility index (Phi) is 3.97. The minimum atomic E-state index is -0.0221. The van der Waals surface area contributed by atoms with Gasteiger partial charge in [-0.2, -0.15) is 0 Å². The summed E-state index contributed by atoms with van der Waals surface area (Å²) in [5.74, 6) is 2.08. The van der Waals surface area contributed by atoms with Crippen LogP contribution in [0.5, 0.6) is 5.75 Å². The van der Waals surface area contributed by atoms with Crippen molar-refractivity contribution in [2.45, 2.75) is 37.8 Å². The second kappa shape index (κ2) is 6.37. The molecule has 2 aromatic rings. The predicted octanol–water partition coefficient (Wildman–Crippen LogP) is 2.69. The first-order valence-corrected chi connectivity index (χ1v) is 9.77. The van der Waals surface area contributed by atoms with Gasteiger partial charge in [0.1, 0.15) is 5.75 Å². The van der Waals surface area contributed by atoms with Gasteiger partial charge >= 0.3 is 0 Å². The Balaban J connectivity index is 1.56. The molecule has 6 nitrogen and oxygen atoms in total. The standard InChI is InChI=1S/C21H25N3O3/c1-13-20(27-12-22-13)21(25)24-11-16(15-5-3-4-6-17(15)26-2)19-18(24)14-7-9-23(19)10-8-14/h3-6,12,14,16,18-19H,7-11H2,1-2H3/t16-,18+,19+/m1/s1. The number of carbonyl (C=O) groups is 1. The lowest BCUT2D eigenvalue weighted by Gasteiger charge is -2.51. The number of benzene rings is 1. The van der Waals surface area contributed by atoms with Gasteiger partial charge in [-0.05, 0) is 44.8 Å². The Bertz CT molecular complexity index is 856. The maximum atomic E-state index is 13.3.